The summed E-state index contributed by atoms with van der Waals surface area (Å²) in [5.74, 6) is 3.19. The summed E-state index contributed by atoms with van der Waals surface area (Å²) in [6.45, 7) is 2.63. The minimum Gasteiger partial charge on any atom is -0.496 e. The van der Waals surface area contributed by atoms with Crippen LogP contribution in [0.4, 0.5) is 0 Å². The number of nitrogens with one attached hydrogen (secondary N) is 1. The van der Waals surface area contributed by atoms with E-state index in [-0.39, 0.29) is 23.7 Å². The van der Waals surface area contributed by atoms with Crippen molar-refractivity contribution in [3.8, 4) is 11.5 Å². The van der Waals surface area contributed by atoms with Crippen molar-refractivity contribution in [1.29, 1.82) is 0 Å². The fourth-order valence-corrected chi connectivity index (χ4v) is 3.82. The smallest absolute Gasteiger partial charge is 0.258 e. The van der Waals surface area contributed by atoms with E-state index in [1.165, 1.54) is 12.3 Å². The highest BCUT2D eigenvalue weighted by Crippen LogP contribution is 2.17. The molecular formula is C20H24N2O5S. The molecule has 0 saturated carbocycles. The molecule has 0 bridgehead atoms. The number of amides is 1. The van der Waals surface area contributed by atoms with Crippen LogP contribution >= 0.6 is 11.8 Å². The van der Waals surface area contributed by atoms with E-state index in [1.54, 1.807) is 7.11 Å². The average Bonchev–Trinajstić information content (AvgIpc) is 2.72. The zero-order valence-corrected chi connectivity index (χ0v) is 16.6. The number of para-hydroxylation sites is 1. The summed E-state index contributed by atoms with van der Waals surface area (Å²) in [7, 11) is 1.58. The first-order valence-electron chi connectivity index (χ1n) is 9.09. The highest BCUT2D eigenvalue weighted by Gasteiger charge is 2.14. The molecule has 0 spiro atoms. The van der Waals surface area contributed by atoms with Gasteiger partial charge in [-0.15, -0.1) is 0 Å². The summed E-state index contributed by atoms with van der Waals surface area (Å²) in [5.41, 5.74) is 0.573. The quantitative estimate of drug-likeness (QED) is 0.720. The molecule has 0 aliphatic carbocycles. The molecule has 2 heterocycles. The van der Waals surface area contributed by atoms with Crippen LogP contribution in [0.3, 0.4) is 0 Å². The molecule has 0 radical (unpaired) electrons. The van der Waals surface area contributed by atoms with Crippen LogP contribution < -0.4 is 20.2 Å². The van der Waals surface area contributed by atoms with Crippen molar-refractivity contribution in [2.24, 2.45) is 0 Å². The highest BCUT2D eigenvalue weighted by molar-refractivity contribution is 7.99. The number of methoxy groups -OCH3 is 1. The monoisotopic (exact) mass is 404 g/mol. The van der Waals surface area contributed by atoms with E-state index >= 15 is 0 Å². The van der Waals surface area contributed by atoms with Crippen molar-refractivity contribution >= 4 is 17.7 Å². The van der Waals surface area contributed by atoms with E-state index < -0.39 is 0 Å². The lowest BCUT2D eigenvalue weighted by atomic mass is 10.2. The third-order valence-corrected chi connectivity index (χ3v) is 5.31. The van der Waals surface area contributed by atoms with Crippen molar-refractivity contribution in [2.45, 2.75) is 13.1 Å². The average molecular weight is 404 g/mol. The van der Waals surface area contributed by atoms with E-state index in [0.29, 0.717) is 24.6 Å². The summed E-state index contributed by atoms with van der Waals surface area (Å²) in [6.07, 6.45) is 1.28. The third kappa shape index (κ3) is 5.77. The lowest BCUT2D eigenvalue weighted by molar-refractivity contribution is -0.123. The molecule has 1 aliphatic rings. The lowest BCUT2D eigenvalue weighted by Gasteiger charge is -2.25. The Kier molecular flexibility index (Phi) is 7.39. The number of carbonyl (C=O) groups is 1. The summed E-state index contributed by atoms with van der Waals surface area (Å²) < 4.78 is 16.1. The molecule has 150 valence electrons. The first-order valence-corrected chi connectivity index (χ1v) is 10.2. The van der Waals surface area contributed by atoms with Gasteiger partial charge in [0.15, 0.2) is 6.61 Å². The van der Waals surface area contributed by atoms with Crippen LogP contribution in [0.1, 0.15) is 11.3 Å². The second-order valence-electron chi connectivity index (χ2n) is 6.34. The van der Waals surface area contributed by atoms with Gasteiger partial charge in [0.05, 0.1) is 13.7 Å². The first kappa shape index (κ1) is 20.3. The van der Waals surface area contributed by atoms with Crippen molar-refractivity contribution in [3.63, 3.8) is 0 Å². The largest absolute Gasteiger partial charge is 0.496 e. The molecule has 8 heteroatoms. The minimum absolute atomic E-state index is 0.0328. The molecule has 1 N–H and O–H groups in total. The van der Waals surface area contributed by atoms with Gasteiger partial charge in [-0.1, -0.05) is 18.2 Å². The van der Waals surface area contributed by atoms with Gasteiger partial charge in [0, 0.05) is 42.8 Å². The molecule has 1 aliphatic heterocycles. The summed E-state index contributed by atoms with van der Waals surface area (Å²) in [5, 5.41) is 2.74. The van der Waals surface area contributed by atoms with Crippen LogP contribution in [0.25, 0.3) is 0 Å². The Morgan fingerprint density at radius 3 is 2.79 bits per heavy atom. The molecule has 1 fully saturated rings. The van der Waals surface area contributed by atoms with E-state index in [9.17, 15) is 9.59 Å². The van der Waals surface area contributed by atoms with E-state index in [2.05, 4.69) is 10.2 Å². The molecule has 1 aromatic carbocycles. The Hall–Kier alpha value is -2.45. The number of benzene rings is 1. The summed E-state index contributed by atoms with van der Waals surface area (Å²) >= 11 is 1.93. The van der Waals surface area contributed by atoms with Crippen molar-refractivity contribution in [1.82, 2.24) is 10.2 Å². The number of hydrogen-bond acceptors (Lipinski definition) is 7. The van der Waals surface area contributed by atoms with E-state index in [1.807, 2.05) is 36.0 Å². The van der Waals surface area contributed by atoms with Crippen molar-refractivity contribution < 1.29 is 18.7 Å². The normalized spacial score (nSPS) is 14.5. The van der Waals surface area contributed by atoms with Gasteiger partial charge < -0.3 is 19.2 Å². The summed E-state index contributed by atoms with van der Waals surface area (Å²) in [6, 6.07) is 8.86. The fraction of sp³-hybridized carbons (Fsp3) is 0.400. The van der Waals surface area contributed by atoms with Crippen LogP contribution in [-0.2, 0) is 17.9 Å². The zero-order valence-electron chi connectivity index (χ0n) is 15.8. The Morgan fingerprint density at radius 1 is 1.25 bits per heavy atom. The van der Waals surface area contributed by atoms with Gasteiger partial charge in [-0.05, 0) is 6.07 Å². The van der Waals surface area contributed by atoms with Gasteiger partial charge in [-0.3, -0.25) is 14.5 Å². The zero-order chi connectivity index (χ0) is 19.8. The van der Waals surface area contributed by atoms with Crippen LogP contribution in [-0.4, -0.2) is 49.1 Å². The fourth-order valence-electron chi connectivity index (χ4n) is 2.84. The Labute approximate surface area is 168 Å². The number of hydrogen-bond donors (Lipinski definition) is 1. The maximum absolute atomic E-state index is 12.2. The molecule has 2 aromatic rings. The van der Waals surface area contributed by atoms with Gasteiger partial charge in [0.1, 0.15) is 17.8 Å². The van der Waals surface area contributed by atoms with Crippen molar-refractivity contribution in [3.05, 3.63) is 58.1 Å². The standard InChI is InChI=1S/C20H24N2O5S/c1-25-18-5-3-2-4-15(18)11-21-20(24)14-27-19-13-26-16(10-17(19)23)12-22-6-8-28-9-7-22/h2-5,10,13H,6-9,11-12,14H2,1H3,(H,21,24). The molecule has 7 nitrogen and oxygen atoms in total. The van der Waals surface area contributed by atoms with Crippen LogP contribution in [0, 0.1) is 0 Å². The highest BCUT2D eigenvalue weighted by atomic mass is 32.2. The number of rotatable bonds is 8. The molecule has 28 heavy (non-hydrogen) atoms. The topological polar surface area (TPSA) is 81.0 Å². The SMILES string of the molecule is COc1ccccc1CNC(=O)COc1coc(CN2CCSCC2)cc1=O. The number of ether oxygens (including phenoxy) is 2. The Morgan fingerprint density at radius 2 is 2.04 bits per heavy atom. The molecule has 1 saturated heterocycles. The van der Waals surface area contributed by atoms with E-state index in [0.717, 1.165) is 30.2 Å². The Balaban J connectivity index is 1.48. The maximum atomic E-state index is 12.2. The number of carbonyl (C=O) groups excluding carboxylic acids is 1. The molecular weight excluding hydrogens is 380 g/mol. The Bertz CT molecular complexity index is 848. The number of thioether (sulfide) groups is 1. The van der Waals surface area contributed by atoms with Gasteiger partial charge in [0.25, 0.3) is 5.91 Å². The first-order chi connectivity index (χ1) is 13.7. The molecule has 0 atom stereocenters. The summed E-state index contributed by atoms with van der Waals surface area (Å²) in [4.78, 5) is 26.5. The maximum Gasteiger partial charge on any atom is 0.258 e. The van der Waals surface area contributed by atoms with Crippen LogP contribution in [0.5, 0.6) is 11.5 Å². The lowest BCUT2D eigenvalue weighted by Crippen LogP contribution is -2.32. The second kappa shape index (κ2) is 10.2. The van der Waals surface area contributed by atoms with Crippen molar-refractivity contribution in [2.75, 3.05) is 38.3 Å². The molecule has 1 aromatic heterocycles. The predicted octanol–water partition coefficient (Wildman–Crippen LogP) is 1.89. The number of nitrogens with zero attached hydrogens (tertiary/aromatic N) is 1. The predicted molar refractivity (Wildman–Crippen MR) is 108 cm³/mol. The molecule has 0 unspecified atom stereocenters. The second-order valence-corrected chi connectivity index (χ2v) is 7.57. The van der Waals surface area contributed by atoms with Crippen LogP contribution in [0.2, 0.25) is 0 Å². The molecule has 3 rings (SSSR count). The minimum atomic E-state index is -0.333. The van der Waals surface area contributed by atoms with E-state index in [4.69, 9.17) is 13.9 Å². The van der Waals surface area contributed by atoms with Gasteiger partial charge in [-0.25, -0.2) is 0 Å². The van der Waals surface area contributed by atoms with Gasteiger partial charge in [0.2, 0.25) is 11.2 Å². The molecule has 1 amide bonds. The third-order valence-electron chi connectivity index (χ3n) is 4.36. The van der Waals surface area contributed by atoms with Crippen LogP contribution in [0.15, 0.2) is 45.8 Å². The van der Waals surface area contributed by atoms with Gasteiger partial charge in [-0.2, -0.15) is 11.8 Å². The van der Waals surface area contributed by atoms with Gasteiger partial charge >= 0.3 is 0 Å².